The lowest BCUT2D eigenvalue weighted by atomic mass is 10.1. The van der Waals surface area contributed by atoms with E-state index in [0.29, 0.717) is 23.7 Å². The zero-order valence-corrected chi connectivity index (χ0v) is 13.2. The third-order valence-corrected chi connectivity index (χ3v) is 4.17. The smallest absolute Gasteiger partial charge is 0.215 e. The molecular weight excluding hydrogens is 312 g/mol. The van der Waals surface area contributed by atoms with Crippen molar-refractivity contribution in [2.24, 2.45) is 0 Å². The van der Waals surface area contributed by atoms with E-state index in [1.165, 1.54) is 10.6 Å². The van der Waals surface area contributed by atoms with E-state index in [2.05, 4.69) is 15.2 Å². The predicted molar refractivity (Wildman–Crippen MR) is 86.7 cm³/mol. The highest BCUT2D eigenvalue weighted by Gasteiger charge is 2.18. The molecule has 0 aliphatic heterocycles. The van der Waals surface area contributed by atoms with Crippen molar-refractivity contribution in [3.8, 4) is 5.95 Å². The van der Waals surface area contributed by atoms with E-state index in [0.717, 1.165) is 16.5 Å². The molecule has 122 valence electrons. The average molecular weight is 327 g/mol. The van der Waals surface area contributed by atoms with Crippen molar-refractivity contribution in [3.63, 3.8) is 0 Å². The van der Waals surface area contributed by atoms with Crippen molar-refractivity contribution in [1.82, 2.24) is 24.4 Å². The number of para-hydroxylation sites is 1. The maximum atomic E-state index is 13.2. The van der Waals surface area contributed by atoms with E-state index < -0.39 is 6.43 Å². The number of aromatic nitrogens is 5. The molecule has 0 atom stereocenters. The van der Waals surface area contributed by atoms with Gasteiger partial charge in [0, 0.05) is 10.9 Å². The van der Waals surface area contributed by atoms with Gasteiger partial charge in [0.1, 0.15) is 0 Å². The van der Waals surface area contributed by atoms with E-state index in [9.17, 15) is 8.78 Å². The van der Waals surface area contributed by atoms with Crippen molar-refractivity contribution < 1.29 is 8.78 Å². The molecule has 5 nitrogen and oxygen atoms in total. The second kappa shape index (κ2) is 5.36. The number of nitrogens with zero attached hydrogens (tertiary/aromatic N) is 5. The number of pyridine rings is 1. The Bertz CT molecular complexity index is 1050. The summed E-state index contributed by atoms with van der Waals surface area (Å²) in [5.74, 6) is 0.375. The lowest BCUT2D eigenvalue weighted by molar-refractivity contribution is 0.149. The van der Waals surface area contributed by atoms with Crippen LogP contribution in [0.4, 0.5) is 8.78 Å². The van der Waals surface area contributed by atoms with Crippen molar-refractivity contribution in [3.05, 3.63) is 53.3 Å². The molecule has 0 saturated carbocycles. The second-order valence-corrected chi connectivity index (χ2v) is 5.64. The molecule has 0 N–H and O–H groups in total. The quantitative estimate of drug-likeness (QED) is 0.574. The number of fused-ring (bicyclic) bond motifs is 2. The van der Waals surface area contributed by atoms with Gasteiger partial charge in [-0.25, -0.2) is 13.3 Å². The fourth-order valence-electron chi connectivity index (χ4n) is 3.05. The van der Waals surface area contributed by atoms with Crippen LogP contribution in [-0.2, 0) is 6.42 Å². The number of alkyl halides is 2. The lowest BCUT2D eigenvalue weighted by Crippen LogP contribution is -2.04. The minimum Gasteiger partial charge on any atom is -0.215 e. The Hall–Kier alpha value is -2.83. The topological polar surface area (TPSA) is 48.0 Å². The molecule has 0 saturated heterocycles. The number of halogens is 2. The Balaban J connectivity index is 1.98. The average Bonchev–Trinajstić information content (AvgIpc) is 3.17. The van der Waals surface area contributed by atoms with Crippen LogP contribution in [0.1, 0.15) is 30.2 Å². The highest BCUT2D eigenvalue weighted by atomic mass is 19.3. The summed E-state index contributed by atoms with van der Waals surface area (Å²) in [6.45, 7) is 3.82. The molecule has 4 aromatic rings. The second-order valence-electron chi connectivity index (χ2n) is 5.64. The molecule has 3 heterocycles. The summed E-state index contributed by atoms with van der Waals surface area (Å²) < 4.78 is 29.6. The van der Waals surface area contributed by atoms with E-state index in [1.807, 2.05) is 32.0 Å². The number of rotatable bonds is 3. The van der Waals surface area contributed by atoms with Gasteiger partial charge in [-0.1, -0.05) is 25.1 Å². The maximum Gasteiger partial charge on any atom is 0.271 e. The number of hydrogen-bond donors (Lipinski definition) is 0. The van der Waals surface area contributed by atoms with Gasteiger partial charge in [-0.15, -0.1) is 5.10 Å². The van der Waals surface area contributed by atoms with Crippen LogP contribution in [0.5, 0.6) is 0 Å². The summed E-state index contributed by atoms with van der Waals surface area (Å²) in [6.07, 6.45) is -0.345. The first kappa shape index (κ1) is 14.7. The first-order valence-electron chi connectivity index (χ1n) is 7.70. The zero-order chi connectivity index (χ0) is 16.8. The minimum atomic E-state index is -2.54. The van der Waals surface area contributed by atoms with Gasteiger partial charge in [-0.05, 0) is 31.0 Å². The SMILES string of the molecule is CCc1c(C(F)F)ccc2nc(-n3ncc4cccc(C)c43)nn12. The highest BCUT2D eigenvalue weighted by Crippen LogP contribution is 2.25. The molecule has 4 rings (SSSR count). The fourth-order valence-corrected chi connectivity index (χ4v) is 3.05. The van der Waals surface area contributed by atoms with Gasteiger partial charge >= 0.3 is 0 Å². The molecular formula is C17H15F2N5. The molecule has 0 bridgehead atoms. The molecule has 0 aliphatic rings. The molecule has 0 fully saturated rings. The maximum absolute atomic E-state index is 13.2. The molecule has 1 aromatic carbocycles. The third kappa shape index (κ3) is 2.08. The molecule has 0 spiro atoms. The van der Waals surface area contributed by atoms with E-state index >= 15 is 0 Å². The first-order chi connectivity index (χ1) is 11.6. The molecule has 0 aliphatic carbocycles. The van der Waals surface area contributed by atoms with Crippen molar-refractivity contribution >= 4 is 16.6 Å². The monoisotopic (exact) mass is 327 g/mol. The number of hydrogen-bond acceptors (Lipinski definition) is 3. The van der Waals surface area contributed by atoms with Crippen LogP contribution in [-0.4, -0.2) is 24.4 Å². The number of benzene rings is 1. The van der Waals surface area contributed by atoms with Crippen LogP contribution in [0.15, 0.2) is 36.5 Å². The third-order valence-electron chi connectivity index (χ3n) is 4.17. The molecule has 7 heteroatoms. The summed E-state index contributed by atoms with van der Waals surface area (Å²) in [4.78, 5) is 4.46. The van der Waals surface area contributed by atoms with Crippen molar-refractivity contribution in [1.29, 1.82) is 0 Å². The van der Waals surface area contributed by atoms with Gasteiger partial charge in [-0.3, -0.25) is 0 Å². The van der Waals surface area contributed by atoms with Gasteiger partial charge in [-0.2, -0.15) is 14.8 Å². The normalized spacial score (nSPS) is 11.9. The van der Waals surface area contributed by atoms with Crippen LogP contribution < -0.4 is 0 Å². The lowest BCUT2D eigenvalue weighted by Gasteiger charge is -2.07. The Morgan fingerprint density at radius 1 is 1.17 bits per heavy atom. The largest absolute Gasteiger partial charge is 0.271 e. The van der Waals surface area contributed by atoms with Crippen LogP contribution in [0.3, 0.4) is 0 Å². The predicted octanol–water partition coefficient (Wildman–Crippen LogP) is 3.88. The van der Waals surface area contributed by atoms with Crippen LogP contribution in [0.25, 0.3) is 22.5 Å². The Morgan fingerprint density at radius 2 is 2.00 bits per heavy atom. The first-order valence-corrected chi connectivity index (χ1v) is 7.70. The molecule has 24 heavy (non-hydrogen) atoms. The zero-order valence-electron chi connectivity index (χ0n) is 13.2. The van der Waals surface area contributed by atoms with Crippen LogP contribution >= 0.6 is 0 Å². The molecule has 3 aromatic heterocycles. The summed E-state index contributed by atoms with van der Waals surface area (Å²) in [5, 5.41) is 9.78. The van der Waals surface area contributed by atoms with E-state index in [1.54, 1.807) is 16.9 Å². The Kier molecular flexibility index (Phi) is 3.30. The van der Waals surface area contributed by atoms with Crippen LogP contribution in [0, 0.1) is 6.92 Å². The molecule has 0 amide bonds. The van der Waals surface area contributed by atoms with E-state index in [4.69, 9.17) is 0 Å². The summed E-state index contributed by atoms with van der Waals surface area (Å²) in [6, 6.07) is 8.90. The minimum absolute atomic E-state index is 0.0112. The van der Waals surface area contributed by atoms with Crippen molar-refractivity contribution in [2.45, 2.75) is 26.7 Å². The van der Waals surface area contributed by atoms with Crippen molar-refractivity contribution in [2.75, 3.05) is 0 Å². The van der Waals surface area contributed by atoms with Gasteiger partial charge in [0.2, 0.25) is 0 Å². The fraction of sp³-hybridized carbons (Fsp3) is 0.235. The molecule has 0 radical (unpaired) electrons. The Morgan fingerprint density at radius 3 is 2.75 bits per heavy atom. The standard InChI is InChI=1S/C17H15F2N5/c1-3-13-12(16(18)19)7-8-14-21-17(22-23(13)14)24-15-10(2)5-4-6-11(15)9-20-24/h4-9,16H,3H2,1-2H3. The highest BCUT2D eigenvalue weighted by molar-refractivity contribution is 5.82. The van der Waals surface area contributed by atoms with Crippen LogP contribution in [0.2, 0.25) is 0 Å². The van der Waals surface area contributed by atoms with Gasteiger partial charge in [0.15, 0.2) is 5.65 Å². The Labute approximate surface area is 136 Å². The molecule has 0 unspecified atom stereocenters. The number of aryl methyl sites for hydroxylation is 2. The van der Waals surface area contributed by atoms with Gasteiger partial charge in [0.05, 0.1) is 17.4 Å². The van der Waals surface area contributed by atoms with E-state index in [-0.39, 0.29) is 5.56 Å². The van der Waals surface area contributed by atoms with Gasteiger partial charge < -0.3 is 0 Å². The summed E-state index contributed by atoms with van der Waals surface area (Å²) in [7, 11) is 0. The summed E-state index contributed by atoms with van der Waals surface area (Å²) >= 11 is 0. The summed E-state index contributed by atoms with van der Waals surface area (Å²) in [5.41, 5.74) is 2.95. The van der Waals surface area contributed by atoms with Gasteiger partial charge in [0.25, 0.3) is 12.4 Å².